The topological polar surface area (TPSA) is 99.6 Å². The number of rotatable bonds is 5. The van der Waals surface area contributed by atoms with Gasteiger partial charge < -0.3 is 15.0 Å². The summed E-state index contributed by atoms with van der Waals surface area (Å²) in [6.07, 6.45) is 2.02. The molecule has 2 aliphatic rings. The minimum Gasteiger partial charge on any atom is -0.445 e. The summed E-state index contributed by atoms with van der Waals surface area (Å²) in [4.78, 5) is 25.7. The van der Waals surface area contributed by atoms with Crippen molar-refractivity contribution in [1.29, 1.82) is 4.78 Å². The zero-order valence-electron chi connectivity index (χ0n) is 14.1. The van der Waals surface area contributed by atoms with Gasteiger partial charge in [-0.2, -0.15) is 0 Å². The molecule has 1 heterocycles. The zero-order chi connectivity index (χ0) is 18.0. The van der Waals surface area contributed by atoms with E-state index in [9.17, 15) is 13.8 Å². The Bertz CT molecular complexity index is 738. The number of ether oxygens (including phenoxy) is 1. The minimum atomic E-state index is -2.55. The maximum absolute atomic E-state index is 12.3. The SMILES string of the molecule is CS(=N)(=O)C1CC(C(=O)N2CC(NC(=O)OCc3ccccc3)C2)C1. The molecule has 1 aromatic carbocycles. The van der Waals surface area contributed by atoms with Crippen molar-refractivity contribution in [2.24, 2.45) is 5.92 Å². The second kappa shape index (κ2) is 7.03. The van der Waals surface area contributed by atoms with E-state index in [0.717, 1.165) is 5.56 Å². The molecule has 1 saturated carbocycles. The van der Waals surface area contributed by atoms with Crippen molar-refractivity contribution < 1.29 is 18.5 Å². The fourth-order valence-corrected chi connectivity index (χ4v) is 4.27. The summed E-state index contributed by atoms with van der Waals surface area (Å²) in [5.41, 5.74) is 0.921. The first-order valence-electron chi connectivity index (χ1n) is 8.31. The molecule has 8 heteroatoms. The summed E-state index contributed by atoms with van der Waals surface area (Å²) in [6, 6.07) is 9.35. The van der Waals surface area contributed by atoms with Gasteiger partial charge in [0.15, 0.2) is 0 Å². The quantitative estimate of drug-likeness (QED) is 0.827. The highest BCUT2D eigenvalue weighted by Gasteiger charge is 2.43. The van der Waals surface area contributed by atoms with Crippen molar-refractivity contribution >= 4 is 21.7 Å². The lowest BCUT2D eigenvalue weighted by Crippen LogP contribution is -2.63. The first-order valence-corrected chi connectivity index (χ1v) is 10.3. The third-order valence-corrected chi connectivity index (χ3v) is 6.47. The van der Waals surface area contributed by atoms with E-state index in [1.165, 1.54) is 6.26 Å². The molecule has 2 N–H and O–H groups in total. The lowest BCUT2D eigenvalue weighted by atomic mass is 9.83. The van der Waals surface area contributed by atoms with Crippen molar-refractivity contribution in [3.63, 3.8) is 0 Å². The van der Waals surface area contributed by atoms with Gasteiger partial charge in [-0.15, -0.1) is 0 Å². The number of nitrogens with zero attached hydrogens (tertiary/aromatic N) is 1. The zero-order valence-corrected chi connectivity index (χ0v) is 15.0. The molecule has 0 spiro atoms. The molecule has 1 unspecified atom stereocenters. The average molecular weight is 365 g/mol. The Hall–Kier alpha value is -2.09. The molecule has 0 aromatic heterocycles. The summed E-state index contributed by atoms with van der Waals surface area (Å²) in [6.45, 7) is 1.17. The molecular formula is C17H23N3O4S. The Labute approximate surface area is 147 Å². The number of likely N-dealkylation sites (tertiary alicyclic amines) is 1. The highest BCUT2D eigenvalue weighted by molar-refractivity contribution is 7.92. The number of hydrogen-bond donors (Lipinski definition) is 2. The van der Waals surface area contributed by atoms with E-state index in [1.807, 2.05) is 30.3 Å². The molecule has 0 radical (unpaired) electrons. The number of nitrogens with one attached hydrogen (secondary N) is 2. The van der Waals surface area contributed by atoms with Gasteiger partial charge >= 0.3 is 6.09 Å². The fourth-order valence-electron chi connectivity index (χ4n) is 3.07. The standard InChI is InChI=1S/C17H23N3O4S/c1-25(18,23)15-7-13(8-15)16(21)20-9-14(10-20)19-17(22)24-11-12-5-3-2-4-6-12/h2-6,13-15,18H,7-11H2,1H3,(H,19,22). The van der Waals surface area contributed by atoms with Crippen LogP contribution in [0.15, 0.2) is 30.3 Å². The summed E-state index contributed by atoms with van der Waals surface area (Å²) in [5.74, 6) is -0.0855. The Kier molecular flexibility index (Phi) is 4.99. The van der Waals surface area contributed by atoms with Gasteiger partial charge in [0, 0.05) is 40.2 Å². The van der Waals surface area contributed by atoms with Crippen LogP contribution >= 0.6 is 0 Å². The third kappa shape index (κ3) is 4.31. The lowest BCUT2D eigenvalue weighted by molar-refractivity contribution is -0.142. The summed E-state index contributed by atoms with van der Waals surface area (Å²) in [7, 11) is -2.55. The Morgan fingerprint density at radius 1 is 1.28 bits per heavy atom. The van der Waals surface area contributed by atoms with E-state index in [4.69, 9.17) is 9.52 Å². The molecule has 1 atom stereocenters. The first-order chi connectivity index (χ1) is 11.8. The minimum absolute atomic E-state index is 0.0376. The van der Waals surface area contributed by atoms with Gasteiger partial charge in [0.1, 0.15) is 6.61 Å². The normalized spacial score (nSPS) is 25.2. The molecule has 7 nitrogen and oxygen atoms in total. The van der Waals surface area contributed by atoms with Gasteiger partial charge in [0.2, 0.25) is 5.91 Å². The van der Waals surface area contributed by atoms with Gasteiger partial charge in [0.05, 0.1) is 6.04 Å². The van der Waals surface area contributed by atoms with Crippen LogP contribution < -0.4 is 5.32 Å². The van der Waals surface area contributed by atoms with E-state index in [-0.39, 0.29) is 29.7 Å². The van der Waals surface area contributed by atoms with Gasteiger partial charge in [-0.05, 0) is 18.4 Å². The highest BCUT2D eigenvalue weighted by Crippen LogP contribution is 2.35. The molecule has 1 saturated heterocycles. The molecule has 3 rings (SSSR count). The van der Waals surface area contributed by atoms with Gasteiger partial charge in [-0.1, -0.05) is 30.3 Å². The molecule has 1 aromatic rings. The van der Waals surface area contributed by atoms with Crippen molar-refractivity contribution in [2.45, 2.75) is 30.7 Å². The van der Waals surface area contributed by atoms with Crippen LogP contribution in [0.2, 0.25) is 0 Å². The second-order valence-electron chi connectivity index (χ2n) is 6.84. The smallest absolute Gasteiger partial charge is 0.407 e. The average Bonchev–Trinajstić information content (AvgIpc) is 2.46. The van der Waals surface area contributed by atoms with Crippen LogP contribution in [0.5, 0.6) is 0 Å². The highest BCUT2D eigenvalue weighted by atomic mass is 32.2. The van der Waals surface area contributed by atoms with Crippen molar-refractivity contribution in [3.8, 4) is 0 Å². The van der Waals surface area contributed by atoms with Crippen molar-refractivity contribution in [2.75, 3.05) is 19.3 Å². The third-order valence-electron chi connectivity index (χ3n) is 4.81. The molecule has 1 aliphatic heterocycles. The largest absolute Gasteiger partial charge is 0.445 e. The number of carbonyl (C=O) groups excluding carboxylic acids is 2. The Morgan fingerprint density at radius 3 is 2.52 bits per heavy atom. The van der Waals surface area contributed by atoms with Gasteiger partial charge in [0.25, 0.3) is 0 Å². The summed E-state index contributed by atoms with van der Waals surface area (Å²) in [5, 5.41) is 2.59. The number of carbonyl (C=O) groups is 2. The van der Waals surface area contributed by atoms with Crippen LogP contribution in [0.4, 0.5) is 4.79 Å². The molecule has 1 aliphatic carbocycles. The van der Waals surface area contributed by atoms with Crippen LogP contribution in [-0.4, -0.2) is 51.7 Å². The Morgan fingerprint density at radius 2 is 1.92 bits per heavy atom. The summed E-state index contributed by atoms with van der Waals surface area (Å²) < 4.78 is 24.3. The van der Waals surface area contributed by atoms with Gasteiger partial charge in [-0.25, -0.2) is 9.00 Å². The maximum Gasteiger partial charge on any atom is 0.407 e. The van der Waals surface area contributed by atoms with Crippen LogP contribution in [0, 0.1) is 10.7 Å². The molecule has 136 valence electrons. The fraction of sp³-hybridized carbons (Fsp3) is 0.529. The van der Waals surface area contributed by atoms with Crippen molar-refractivity contribution in [3.05, 3.63) is 35.9 Å². The number of amides is 2. The second-order valence-corrected chi connectivity index (χ2v) is 9.31. The van der Waals surface area contributed by atoms with E-state index < -0.39 is 15.8 Å². The molecule has 25 heavy (non-hydrogen) atoms. The van der Waals surface area contributed by atoms with Crippen LogP contribution in [-0.2, 0) is 25.9 Å². The van der Waals surface area contributed by atoms with Crippen LogP contribution in [0.3, 0.4) is 0 Å². The lowest BCUT2D eigenvalue weighted by Gasteiger charge is -2.44. The molecule has 0 bridgehead atoms. The number of hydrogen-bond acceptors (Lipinski definition) is 5. The molecular weight excluding hydrogens is 342 g/mol. The predicted octanol–water partition coefficient (Wildman–Crippen LogP) is 1.58. The van der Waals surface area contributed by atoms with E-state index in [1.54, 1.807) is 4.90 Å². The predicted molar refractivity (Wildman–Crippen MR) is 93.4 cm³/mol. The van der Waals surface area contributed by atoms with E-state index in [2.05, 4.69) is 5.32 Å². The summed E-state index contributed by atoms with van der Waals surface area (Å²) >= 11 is 0. The van der Waals surface area contributed by atoms with E-state index >= 15 is 0 Å². The number of benzene rings is 1. The van der Waals surface area contributed by atoms with Crippen LogP contribution in [0.1, 0.15) is 18.4 Å². The molecule has 2 fully saturated rings. The number of alkyl carbamates (subject to hydrolysis) is 1. The monoisotopic (exact) mass is 365 g/mol. The van der Waals surface area contributed by atoms with Crippen LogP contribution in [0.25, 0.3) is 0 Å². The first kappa shape index (κ1) is 17.7. The van der Waals surface area contributed by atoms with Gasteiger partial charge in [-0.3, -0.25) is 9.57 Å². The molecule has 2 amide bonds. The Balaban J connectivity index is 1.34. The van der Waals surface area contributed by atoms with E-state index in [0.29, 0.717) is 25.9 Å². The maximum atomic E-state index is 12.3. The van der Waals surface area contributed by atoms with Crippen molar-refractivity contribution in [1.82, 2.24) is 10.2 Å².